The van der Waals surface area contributed by atoms with E-state index in [9.17, 15) is 0 Å². The van der Waals surface area contributed by atoms with Crippen molar-refractivity contribution in [2.45, 2.75) is 39.8 Å². The van der Waals surface area contributed by atoms with E-state index in [1.165, 1.54) is 5.56 Å². The van der Waals surface area contributed by atoms with Crippen molar-refractivity contribution in [3.05, 3.63) is 34.0 Å². The lowest BCUT2D eigenvalue weighted by molar-refractivity contribution is 0.595. The van der Waals surface area contributed by atoms with Crippen LogP contribution in [0.4, 0.5) is 0 Å². The Labute approximate surface area is 112 Å². The molecule has 18 heavy (non-hydrogen) atoms. The molecular formula is C13H20N4S. The highest BCUT2D eigenvalue weighted by atomic mass is 32.1. The SMILES string of the molecule is CCCn1cc(C(NCC)c2csc(C)n2)cn1. The minimum atomic E-state index is 0.158. The first-order valence-corrected chi connectivity index (χ1v) is 7.30. The fourth-order valence-electron chi connectivity index (χ4n) is 1.99. The van der Waals surface area contributed by atoms with E-state index in [1.807, 2.05) is 17.8 Å². The summed E-state index contributed by atoms with van der Waals surface area (Å²) in [4.78, 5) is 4.58. The first-order chi connectivity index (χ1) is 8.74. The zero-order valence-corrected chi connectivity index (χ0v) is 12.0. The van der Waals surface area contributed by atoms with Crippen LogP contribution in [0.2, 0.25) is 0 Å². The van der Waals surface area contributed by atoms with E-state index < -0.39 is 0 Å². The third kappa shape index (κ3) is 2.97. The van der Waals surface area contributed by atoms with Crippen LogP contribution < -0.4 is 5.32 Å². The topological polar surface area (TPSA) is 42.7 Å². The summed E-state index contributed by atoms with van der Waals surface area (Å²) >= 11 is 1.69. The second-order valence-electron chi connectivity index (χ2n) is 4.32. The molecule has 4 nitrogen and oxygen atoms in total. The van der Waals surface area contributed by atoms with Gasteiger partial charge in [-0.15, -0.1) is 11.3 Å². The number of hydrogen-bond acceptors (Lipinski definition) is 4. The molecule has 2 heterocycles. The van der Waals surface area contributed by atoms with Crippen molar-refractivity contribution in [3.63, 3.8) is 0 Å². The van der Waals surface area contributed by atoms with Crippen molar-refractivity contribution in [2.24, 2.45) is 0 Å². The van der Waals surface area contributed by atoms with E-state index >= 15 is 0 Å². The fourth-order valence-corrected chi connectivity index (χ4v) is 2.63. The van der Waals surface area contributed by atoms with E-state index in [0.717, 1.165) is 30.2 Å². The molecule has 0 aliphatic heterocycles. The number of aromatic nitrogens is 3. The summed E-state index contributed by atoms with van der Waals surface area (Å²) in [5.74, 6) is 0. The van der Waals surface area contributed by atoms with E-state index in [1.54, 1.807) is 11.3 Å². The first-order valence-electron chi connectivity index (χ1n) is 6.42. The molecule has 2 aromatic heterocycles. The second kappa shape index (κ2) is 6.11. The van der Waals surface area contributed by atoms with Crippen LogP contribution in [0.1, 0.15) is 42.6 Å². The molecule has 0 spiro atoms. The van der Waals surface area contributed by atoms with Crippen LogP contribution in [0.3, 0.4) is 0 Å². The van der Waals surface area contributed by atoms with Gasteiger partial charge in [-0.05, 0) is 19.9 Å². The summed E-state index contributed by atoms with van der Waals surface area (Å²) in [5.41, 5.74) is 2.28. The number of aryl methyl sites for hydroxylation is 2. The molecular weight excluding hydrogens is 244 g/mol. The van der Waals surface area contributed by atoms with E-state index in [4.69, 9.17) is 0 Å². The van der Waals surface area contributed by atoms with Crippen LogP contribution >= 0.6 is 11.3 Å². The standard InChI is InChI=1S/C13H20N4S/c1-4-6-17-8-11(7-15-17)13(14-5-2)12-9-18-10(3)16-12/h7-9,13-14H,4-6H2,1-3H3. The molecule has 2 rings (SSSR count). The molecule has 98 valence electrons. The summed E-state index contributed by atoms with van der Waals surface area (Å²) in [6, 6.07) is 0.158. The van der Waals surface area contributed by atoms with Gasteiger partial charge in [0.1, 0.15) is 0 Å². The molecule has 0 fully saturated rings. The average molecular weight is 264 g/mol. The second-order valence-corrected chi connectivity index (χ2v) is 5.38. The Morgan fingerprint density at radius 1 is 1.44 bits per heavy atom. The smallest absolute Gasteiger partial charge is 0.0898 e. The van der Waals surface area contributed by atoms with Crippen molar-refractivity contribution >= 4 is 11.3 Å². The van der Waals surface area contributed by atoms with Gasteiger partial charge >= 0.3 is 0 Å². The predicted molar refractivity (Wildman–Crippen MR) is 74.9 cm³/mol. The molecule has 5 heteroatoms. The predicted octanol–water partition coefficient (Wildman–Crippen LogP) is 2.76. The molecule has 0 radical (unpaired) electrons. The largest absolute Gasteiger partial charge is 0.305 e. The van der Waals surface area contributed by atoms with Gasteiger partial charge in [-0.2, -0.15) is 5.10 Å². The van der Waals surface area contributed by atoms with Gasteiger partial charge in [0.2, 0.25) is 0 Å². The summed E-state index contributed by atoms with van der Waals surface area (Å²) in [5, 5.41) is 11.1. The van der Waals surface area contributed by atoms with Crippen LogP contribution in [0, 0.1) is 6.92 Å². The quantitative estimate of drug-likeness (QED) is 0.872. The molecule has 0 aromatic carbocycles. The molecule has 0 saturated carbocycles. The third-order valence-electron chi connectivity index (χ3n) is 2.78. The first kappa shape index (κ1) is 13.2. The van der Waals surface area contributed by atoms with Gasteiger partial charge in [-0.25, -0.2) is 4.98 Å². The van der Waals surface area contributed by atoms with Crippen LogP contribution in [0.15, 0.2) is 17.8 Å². The maximum absolute atomic E-state index is 4.58. The number of nitrogens with one attached hydrogen (secondary N) is 1. The van der Waals surface area contributed by atoms with Gasteiger partial charge in [0.25, 0.3) is 0 Å². The third-order valence-corrected chi connectivity index (χ3v) is 3.57. The molecule has 1 N–H and O–H groups in total. The van der Waals surface area contributed by atoms with Gasteiger partial charge in [0.15, 0.2) is 0 Å². The molecule has 1 atom stereocenters. The summed E-state index contributed by atoms with van der Waals surface area (Å²) in [6.45, 7) is 8.20. The van der Waals surface area contributed by atoms with Crippen LogP contribution in [0.25, 0.3) is 0 Å². The van der Waals surface area contributed by atoms with E-state index in [-0.39, 0.29) is 6.04 Å². The number of thiazole rings is 1. The molecule has 1 unspecified atom stereocenters. The van der Waals surface area contributed by atoms with E-state index in [0.29, 0.717) is 0 Å². The number of hydrogen-bond donors (Lipinski definition) is 1. The van der Waals surface area contributed by atoms with Crippen molar-refractivity contribution < 1.29 is 0 Å². The lowest BCUT2D eigenvalue weighted by Crippen LogP contribution is -2.22. The highest BCUT2D eigenvalue weighted by Gasteiger charge is 2.17. The van der Waals surface area contributed by atoms with Crippen LogP contribution in [-0.2, 0) is 6.54 Å². The summed E-state index contributed by atoms with van der Waals surface area (Å²) in [6.07, 6.45) is 5.16. The average Bonchev–Trinajstić information content (AvgIpc) is 2.96. The van der Waals surface area contributed by atoms with Crippen molar-refractivity contribution in [1.29, 1.82) is 0 Å². The number of rotatable bonds is 6. The van der Waals surface area contributed by atoms with Gasteiger partial charge in [0, 0.05) is 23.7 Å². The highest BCUT2D eigenvalue weighted by Crippen LogP contribution is 2.23. The Hall–Kier alpha value is -1.20. The lowest BCUT2D eigenvalue weighted by Gasteiger charge is -2.13. The molecule has 0 aliphatic carbocycles. The van der Waals surface area contributed by atoms with Crippen LogP contribution in [0.5, 0.6) is 0 Å². The van der Waals surface area contributed by atoms with Gasteiger partial charge in [-0.1, -0.05) is 13.8 Å². The Bertz CT molecular complexity index is 489. The van der Waals surface area contributed by atoms with Crippen molar-refractivity contribution in [1.82, 2.24) is 20.1 Å². The summed E-state index contributed by atoms with van der Waals surface area (Å²) in [7, 11) is 0. The maximum atomic E-state index is 4.58. The van der Waals surface area contributed by atoms with Crippen molar-refractivity contribution in [2.75, 3.05) is 6.54 Å². The minimum Gasteiger partial charge on any atom is -0.305 e. The van der Waals surface area contributed by atoms with Gasteiger partial charge < -0.3 is 5.32 Å². The molecule has 0 aliphatic rings. The maximum Gasteiger partial charge on any atom is 0.0898 e. The summed E-state index contributed by atoms with van der Waals surface area (Å²) < 4.78 is 2.00. The van der Waals surface area contributed by atoms with Crippen LogP contribution in [-0.4, -0.2) is 21.3 Å². The monoisotopic (exact) mass is 264 g/mol. The van der Waals surface area contributed by atoms with Gasteiger partial charge in [0.05, 0.1) is 22.9 Å². The molecule has 0 saturated heterocycles. The van der Waals surface area contributed by atoms with Crippen molar-refractivity contribution in [3.8, 4) is 0 Å². The van der Waals surface area contributed by atoms with Gasteiger partial charge in [-0.3, -0.25) is 4.68 Å². The zero-order chi connectivity index (χ0) is 13.0. The lowest BCUT2D eigenvalue weighted by atomic mass is 10.1. The molecule has 2 aromatic rings. The van der Waals surface area contributed by atoms with E-state index in [2.05, 4.69) is 40.8 Å². The highest BCUT2D eigenvalue weighted by molar-refractivity contribution is 7.09. The molecule has 0 amide bonds. The molecule has 0 bridgehead atoms. The Morgan fingerprint density at radius 3 is 2.89 bits per heavy atom. The number of nitrogens with zero attached hydrogens (tertiary/aromatic N) is 3. The Kier molecular flexibility index (Phi) is 4.49. The normalized spacial score (nSPS) is 12.8. The zero-order valence-electron chi connectivity index (χ0n) is 11.2. The Morgan fingerprint density at radius 2 is 2.28 bits per heavy atom. The minimum absolute atomic E-state index is 0.158. The Balaban J connectivity index is 2.23. The fraction of sp³-hybridized carbons (Fsp3) is 0.538.